The fourth-order valence-electron chi connectivity index (χ4n) is 7.60. The van der Waals surface area contributed by atoms with Gasteiger partial charge in [0.15, 0.2) is 5.96 Å². The van der Waals surface area contributed by atoms with Crippen LogP contribution in [-0.2, 0) is 54.4 Å². The first-order valence-corrected chi connectivity index (χ1v) is 24.1. The molecular weight excluding hydrogens is 947 g/mol. The van der Waals surface area contributed by atoms with Gasteiger partial charge < -0.3 is 75.7 Å². The number of thiol groups is 1. The van der Waals surface area contributed by atoms with E-state index in [2.05, 4.69) is 49.5 Å². The fraction of sp³-hybridized carbons (Fsp3) is 0.622. The number of carboxylic acid groups (broad SMARTS) is 1. The third-order valence-corrected chi connectivity index (χ3v) is 11.6. The van der Waals surface area contributed by atoms with E-state index in [4.69, 9.17) is 28.7 Å². The molecule has 0 unspecified atom stereocenters. The molecule has 0 aliphatic carbocycles. The van der Waals surface area contributed by atoms with E-state index in [-0.39, 0.29) is 80.9 Å². The first-order chi connectivity index (χ1) is 33.3. The lowest BCUT2D eigenvalue weighted by Gasteiger charge is -2.29. The third kappa shape index (κ3) is 21.9. The Morgan fingerprint density at radius 1 is 0.676 bits per heavy atom. The van der Waals surface area contributed by atoms with Crippen LogP contribution in [0, 0.1) is 11.8 Å². The molecule has 1 fully saturated rings. The number of nitrogens with two attached hydrogens (primary N) is 5. The van der Waals surface area contributed by atoms with Crippen LogP contribution in [0.1, 0.15) is 97.5 Å². The summed E-state index contributed by atoms with van der Waals surface area (Å²) in [6.45, 7) is 7.65. The van der Waals surface area contributed by atoms with Crippen molar-refractivity contribution < 1.29 is 58.2 Å². The Labute approximate surface area is 418 Å². The maximum Gasteiger partial charge on any atom is 0.326 e. The number of nitrogens with one attached hydrogen (secondary N) is 6. The Hall–Kier alpha value is -6.70. The summed E-state index contributed by atoms with van der Waals surface area (Å²) >= 11 is 4.24. The molecule has 8 atom stereocenters. The minimum absolute atomic E-state index is 0.0300. The number of nitrogens with zero attached hydrogens (tertiary/aromatic N) is 2. The van der Waals surface area contributed by atoms with E-state index >= 15 is 0 Å². The van der Waals surface area contributed by atoms with Crippen molar-refractivity contribution >= 4 is 77.7 Å². The fourth-order valence-corrected chi connectivity index (χ4v) is 7.86. The molecule has 396 valence electrons. The number of hydrogen-bond acceptors (Lipinski definition) is 14. The van der Waals surface area contributed by atoms with Crippen LogP contribution in [0.3, 0.4) is 0 Å². The molecule has 1 heterocycles. The summed E-state index contributed by atoms with van der Waals surface area (Å²) in [6.07, 6.45) is -0.535. The summed E-state index contributed by atoms with van der Waals surface area (Å²) in [5.41, 5.74) is 28.0. The van der Waals surface area contributed by atoms with Gasteiger partial charge in [0, 0.05) is 38.1 Å². The molecule has 71 heavy (non-hydrogen) atoms. The number of guanidine groups is 1. The van der Waals surface area contributed by atoms with Crippen molar-refractivity contribution in [3.8, 4) is 5.75 Å². The van der Waals surface area contributed by atoms with Gasteiger partial charge in [-0.15, -0.1) is 0 Å². The van der Waals surface area contributed by atoms with E-state index in [0.29, 0.717) is 24.8 Å². The number of carboxylic acids is 1. The molecule has 26 heteroatoms. The predicted molar refractivity (Wildman–Crippen MR) is 263 cm³/mol. The molecular formula is C45H73N13O12S. The van der Waals surface area contributed by atoms with Crippen LogP contribution >= 0.6 is 12.6 Å². The quantitative estimate of drug-likeness (QED) is 0.0151. The van der Waals surface area contributed by atoms with Crippen molar-refractivity contribution in [2.24, 2.45) is 45.5 Å². The Balaban J connectivity index is 2.40. The van der Waals surface area contributed by atoms with Gasteiger partial charge in [0.1, 0.15) is 48.0 Å². The van der Waals surface area contributed by atoms with Gasteiger partial charge in [0.25, 0.3) is 0 Å². The Morgan fingerprint density at radius 2 is 1.15 bits per heavy atom. The lowest BCUT2D eigenvalue weighted by atomic mass is 9.99. The lowest BCUT2D eigenvalue weighted by molar-refractivity contribution is -0.142. The van der Waals surface area contributed by atoms with E-state index in [9.17, 15) is 58.2 Å². The molecule has 0 bridgehead atoms. The molecule has 18 N–H and O–H groups in total. The van der Waals surface area contributed by atoms with Crippen LogP contribution in [0.15, 0.2) is 29.3 Å². The van der Waals surface area contributed by atoms with Crippen molar-refractivity contribution in [1.82, 2.24) is 36.8 Å². The molecule has 1 aromatic rings. The molecule has 1 saturated heterocycles. The molecule has 0 aromatic heterocycles. The number of aliphatic imine (C=N–C) groups is 1. The van der Waals surface area contributed by atoms with Gasteiger partial charge in [0.2, 0.25) is 53.2 Å². The van der Waals surface area contributed by atoms with Gasteiger partial charge in [-0.05, 0) is 80.9 Å². The number of rotatable bonds is 31. The zero-order valence-electron chi connectivity index (χ0n) is 40.7. The van der Waals surface area contributed by atoms with Crippen LogP contribution in [0.4, 0.5) is 0 Å². The van der Waals surface area contributed by atoms with Gasteiger partial charge in [0.05, 0.1) is 6.04 Å². The van der Waals surface area contributed by atoms with E-state index in [1.807, 2.05) is 13.8 Å². The number of hydrogen-bond donors (Lipinski definition) is 14. The number of phenolic OH excluding ortho intramolecular Hbond substituents is 1. The summed E-state index contributed by atoms with van der Waals surface area (Å²) in [4.78, 5) is 137. The number of likely N-dealkylation sites (tertiary alicyclic amines) is 1. The molecule has 9 amide bonds. The number of aromatic hydroxyl groups is 1. The zero-order chi connectivity index (χ0) is 53.5. The smallest absolute Gasteiger partial charge is 0.326 e. The maximum atomic E-state index is 14.2. The standard InChI is InChI=1S/C45H73N13O12S/c1-23(2)19-27(46)43(68)58-18-6-8-34(58)42(67)57-33(22-71)41(66)53-29(14-16-36(48)61)38(63)55-31(20-24(3)4)39(64)56-32(21-25-9-11-26(59)12-10-25)40(65)52-28(13-15-35(47)60)37(62)54-30(44(69)70)7-5-17-51-45(49)50/h9-12,23-24,27-34,59,71H,5-8,13-22,46H2,1-4H3,(H2,47,60)(H2,48,61)(H,52,65)(H,53,66)(H,54,62)(H,55,63)(H,56,64)(H,57,67)(H,69,70)(H4,49,50,51)/t27-,28-,29-,30-,31-,32-,33-,34-/m0/s1. The molecule has 0 radical (unpaired) electrons. The second-order valence-electron chi connectivity index (χ2n) is 18.3. The first kappa shape index (κ1) is 60.4. The molecule has 1 aliphatic rings. The summed E-state index contributed by atoms with van der Waals surface area (Å²) in [7, 11) is 0. The third-order valence-electron chi connectivity index (χ3n) is 11.2. The zero-order valence-corrected chi connectivity index (χ0v) is 41.6. The van der Waals surface area contributed by atoms with Gasteiger partial charge in [-0.2, -0.15) is 12.6 Å². The monoisotopic (exact) mass is 1020 g/mol. The topological polar surface area (TPSA) is 429 Å². The van der Waals surface area contributed by atoms with Crippen molar-refractivity contribution in [1.29, 1.82) is 0 Å². The minimum Gasteiger partial charge on any atom is -0.508 e. The second kappa shape index (κ2) is 30.1. The summed E-state index contributed by atoms with van der Waals surface area (Å²) < 4.78 is 0. The maximum absolute atomic E-state index is 14.2. The van der Waals surface area contributed by atoms with Crippen molar-refractivity contribution in [3.05, 3.63) is 29.8 Å². The molecule has 0 spiro atoms. The van der Waals surface area contributed by atoms with Crippen molar-refractivity contribution in [2.75, 3.05) is 18.8 Å². The normalized spacial score (nSPS) is 16.2. The number of benzene rings is 1. The highest BCUT2D eigenvalue weighted by Gasteiger charge is 2.39. The molecule has 0 saturated carbocycles. The van der Waals surface area contributed by atoms with Crippen LogP contribution in [0.5, 0.6) is 5.75 Å². The van der Waals surface area contributed by atoms with Crippen LogP contribution in [-0.4, -0.2) is 147 Å². The van der Waals surface area contributed by atoms with Crippen LogP contribution in [0.25, 0.3) is 0 Å². The Morgan fingerprint density at radius 3 is 1.65 bits per heavy atom. The van der Waals surface area contributed by atoms with Crippen molar-refractivity contribution in [2.45, 2.75) is 147 Å². The Kier molecular flexibility index (Phi) is 25.6. The molecule has 1 aromatic carbocycles. The Bertz CT molecular complexity index is 2050. The average molecular weight is 1020 g/mol. The highest BCUT2D eigenvalue weighted by molar-refractivity contribution is 7.80. The largest absolute Gasteiger partial charge is 0.508 e. The lowest BCUT2D eigenvalue weighted by Crippen LogP contribution is -2.60. The molecule has 2 rings (SSSR count). The highest BCUT2D eigenvalue weighted by Crippen LogP contribution is 2.20. The number of carbonyl (C=O) groups excluding carboxylic acids is 9. The van der Waals surface area contributed by atoms with Gasteiger partial charge in [-0.25, -0.2) is 4.79 Å². The second-order valence-corrected chi connectivity index (χ2v) is 18.6. The summed E-state index contributed by atoms with van der Waals surface area (Å²) in [5, 5.41) is 34.9. The first-order valence-electron chi connectivity index (χ1n) is 23.4. The predicted octanol–water partition coefficient (Wildman–Crippen LogP) is -3.15. The van der Waals surface area contributed by atoms with Crippen LogP contribution in [0.2, 0.25) is 0 Å². The summed E-state index contributed by atoms with van der Waals surface area (Å²) in [6, 6.07) is -4.91. The van der Waals surface area contributed by atoms with Crippen LogP contribution < -0.4 is 60.6 Å². The molecule has 25 nitrogen and oxygen atoms in total. The number of phenols is 1. The summed E-state index contributed by atoms with van der Waals surface area (Å²) in [5.74, 6) is -9.51. The van der Waals surface area contributed by atoms with Crippen molar-refractivity contribution in [3.63, 3.8) is 0 Å². The van der Waals surface area contributed by atoms with E-state index in [0.717, 1.165) is 0 Å². The number of aliphatic carboxylic acids is 1. The average Bonchev–Trinajstić information content (AvgIpc) is 3.78. The van der Waals surface area contributed by atoms with Gasteiger partial charge in [-0.3, -0.25) is 48.1 Å². The van der Waals surface area contributed by atoms with E-state index in [1.54, 1.807) is 13.8 Å². The number of amides is 9. The highest BCUT2D eigenvalue weighted by atomic mass is 32.1. The van der Waals surface area contributed by atoms with Gasteiger partial charge in [-0.1, -0.05) is 39.8 Å². The van der Waals surface area contributed by atoms with Gasteiger partial charge >= 0.3 is 5.97 Å². The van der Waals surface area contributed by atoms with E-state index < -0.39 is 120 Å². The number of carbonyl (C=O) groups is 10. The SMILES string of the molecule is CC(C)C[C@H](NC(=O)[C@H](CCC(N)=O)NC(=O)[C@H](CS)NC(=O)[C@@H]1CCCN1C(=O)[C@@H](N)CC(C)C)C(=O)N[C@@H](Cc1ccc(O)cc1)C(=O)N[C@@H](CCC(N)=O)C(=O)N[C@@H](CCCN=C(N)N)C(=O)O. The van der Waals surface area contributed by atoms with E-state index in [1.165, 1.54) is 29.2 Å². The minimum atomic E-state index is -1.55. The molecule has 1 aliphatic heterocycles. The number of primary amides is 2.